The van der Waals surface area contributed by atoms with E-state index in [1.165, 1.54) is 6.20 Å². The van der Waals surface area contributed by atoms with Gasteiger partial charge in [0, 0.05) is 4.98 Å². The van der Waals surface area contributed by atoms with Gasteiger partial charge in [0.05, 0.1) is 6.54 Å². The number of hydrogen-bond donors (Lipinski definition) is 0. The Labute approximate surface area is 121 Å². The Morgan fingerprint density at radius 3 is 2.81 bits per heavy atom. The van der Waals surface area contributed by atoms with Gasteiger partial charge in [0.15, 0.2) is 5.60 Å². The van der Waals surface area contributed by atoms with Crippen LogP contribution in [-0.2, 0) is 6.54 Å². The van der Waals surface area contributed by atoms with Crippen LogP contribution in [-0.4, -0.2) is 26.7 Å². The Balaban J connectivity index is 1.65. The van der Waals surface area contributed by atoms with Gasteiger partial charge in [0.2, 0.25) is 0 Å². The number of fused-ring (bicyclic) bond motifs is 1. The standard InChI is InChI=1S/C14H15N3O4/c1-10-3-5-11(6-4-10)20-9-14(2)8-16-7-12(17(18)19)15-13(16)21-14/h3-7H,8-9H2,1-2H3. The highest BCUT2D eigenvalue weighted by Crippen LogP contribution is 2.31. The van der Waals surface area contributed by atoms with Gasteiger partial charge in [-0.25, -0.2) is 0 Å². The molecule has 1 aromatic heterocycles. The Morgan fingerprint density at radius 1 is 1.48 bits per heavy atom. The summed E-state index contributed by atoms with van der Waals surface area (Å²) in [5, 5.41) is 10.7. The maximum Gasteiger partial charge on any atom is 0.415 e. The van der Waals surface area contributed by atoms with Crippen LogP contribution < -0.4 is 9.47 Å². The lowest BCUT2D eigenvalue weighted by molar-refractivity contribution is -0.389. The summed E-state index contributed by atoms with van der Waals surface area (Å²) in [5.41, 5.74) is 0.584. The van der Waals surface area contributed by atoms with Crippen LogP contribution in [0, 0.1) is 17.0 Å². The molecule has 0 spiro atoms. The average molecular weight is 289 g/mol. The minimum absolute atomic E-state index is 0.202. The number of benzene rings is 1. The van der Waals surface area contributed by atoms with Crippen molar-refractivity contribution in [2.24, 2.45) is 0 Å². The minimum Gasteiger partial charge on any atom is -0.489 e. The highest BCUT2D eigenvalue weighted by atomic mass is 16.6. The van der Waals surface area contributed by atoms with Gasteiger partial charge in [-0.15, -0.1) is 0 Å². The molecule has 0 aliphatic carbocycles. The number of aryl methyl sites for hydroxylation is 1. The third kappa shape index (κ3) is 2.67. The van der Waals surface area contributed by atoms with Gasteiger partial charge in [-0.2, -0.15) is 0 Å². The molecule has 0 N–H and O–H groups in total. The second-order valence-corrected chi connectivity index (χ2v) is 5.42. The summed E-state index contributed by atoms with van der Waals surface area (Å²) in [6.07, 6.45) is 1.38. The van der Waals surface area contributed by atoms with E-state index in [1.807, 2.05) is 38.1 Å². The molecule has 1 atom stereocenters. The number of rotatable bonds is 4. The Hall–Kier alpha value is -2.57. The Bertz CT molecular complexity index is 655. The summed E-state index contributed by atoms with van der Waals surface area (Å²) in [6, 6.07) is 8.01. The van der Waals surface area contributed by atoms with E-state index in [1.54, 1.807) is 4.57 Å². The molecular formula is C14H15N3O4. The molecule has 1 aliphatic heterocycles. The Morgan fingerprint density at radius 2 is 2.19 bits per heavy atom. The van der Waals surface area contributed by atoms with Gasteiger partial charge in [-0.3, -0.25) is 4.57 Å². The summed E-state index contributed by atoms with van der Waals surface area (Å²) in [6.45, 7) is 4.71. The first-order chi connectivity index (χ1) is 9.95. The molecule has 110 valence electrons. The smallest absolute Gasteiger partial charge is 0.415 e. The summed E-state index contributed by atoms with van der Waals surface area (Å²) in [5.74, 6) is 0.562. The quantitative estimate of drug-likeness (QED) is 0.637. The van der Waals surface area contributed by atoms with Crippen molar-refractivity contribution >= 4 is 5.82 Å². The number of nitrogens with zero attached hydrogens (tertiary/aromatic N) is 3. The number of aromatic nitrogens is 2. The lowest BCUT2D eigenvalue weighted by Crippen LogP contribution is -2.38. The van der Waals surface area contributed by atoms with Crippen LogP contribution in [0.25, 0.3) is 0 Å². The SMILES string of the molecule is Cc1ccc(OCC2(C)Cn3cc([N+](=O)[O-])nc3O2)cc1. The lowest BCUT2D eigenvalue weighted by Gasteiger charge is -2.22. The van der Waals surface area contributed by atoms with Crippen LogP contribution in [0.2, 0.25) is 0 Å². The molecule has 1 aliphatic rings. The van der Waals surface area contributed by atoms with E-state index in [0.29, 0.717) is 13.2 Å². The monoisotopic (exact) mass is 289 g/mol. The summed E-state index contributed by atoms with van der Waals surface area (Å²) >= 11 is 0. The van der Waals surface area contributed by atoms with Crippen molar-refractivity contribution in [1.29, 1.82) is 0 Å². The predicted molar refractivity (Wildman–Crippen MR) is 74.6 cm³/mol. The molecule has 3 rings (SSSR count). The minimum atomic E-state index is -0.581. The van der Waals surface area contributed by atoms with Gasteiger partial charge in [0.1, 0.15) is 18.6 Å². The zero-order valence-electron chi connectivity index (χ0n) is 11.8. The van der Waals surface area contributed by atoms with Gasteiger partial charge in [-0.05, 0) is 30.9 Å². The van der Waals surface area contributed by atoms with Crippen molar-refractivity contribution in [2.75, 3.05) is 6.61 Å². The van der Waals surface area contributed by atoms with Crippen LogP contribution in [0.4, 0.5) is 5.82 Å². The van der Waals surface area contributed by atoms with Crippen molar-refractivity contribution in [3.05, 3.63) is 46.1 Å². The van der Waals surface area contributed by atoms with E-state index in [4.69, 9.17) is 9.47 Å². The first kappa shape index (κ1) is 13.4. The van der Waals surface area contributed by atoms with Crippen LogP contribution in [0.3, 0.4) is 0 Å². The topological polar surface area (TPSA) is 79.4 Å². The van der Waals surface area contributed by atoms with E-state index < -0.39 is 10.5 Å². The molecule has 21 heavy (non-hydrogen) atoms. The van der Waals surface area contributed by atoms with Gasteiger partial charge < -0.3 is 19.6 Å². The van der Waals surface area contributed by atoms with Crippen LogP contribution in [0.1, 0.15) is 12.5 Å². The van der Waals surface area contributed by atoms with Crippen molar-refractivity contribution in [3.63, 3.8) is 0 Å². The molecule has 7 heteroatoms. The zero-order valence-corrected chi connectivity index (χ0v) is 11.8. The van der Waals surface area contributed by atoms with Crippen molar-refractivity contribution in [2.45, 2.75) is 26.0 Å². The molecular weight excluding hydrogens is 274 g/mol. The number of nitro groups is 1. The van der Waals surface area contributed by atoms with E-state index in [2.05, 4.69) is 4.98 Å². The lowest BCUT2D eigenvalue weighted by atomic mass is 10.1. The first-order valence-corrected chi connectivity index (χ1v) is 6.55. The van der Waals surface area contributed by atoms with E-state index in [0.717, 1.165) is 11.3 Å². The maximum absolute atomic E-state index is 10.7. The molecule has 7 nitrogen and oxygen atoms in total. The molecule has 0 saturated carbocycles. The molecule has 0 radical (unpaired) electrons. The highest BCUT2D eigenvalue weighted by Gasteiger charge is 2.41. The highest BCUT2D eigenvalue weighted by molar-refractivity contribution is 5.27. The largest absolute Gasteiger partial charge is 0.489 e. The van der Waals surface area contributed by atoms with Crippen molar-refractivity contribution in [3.8, 4) is 11.8 Å². The molecule has 0 fully saturated rings. The first-order valence-electron chi connectivity index (χ1n) is 6.55. The molecule has 0 bridgehead atoms. The third-order valence-corrected chi connectivity index (χ3v) is 3.32. The van der Waals surface area contributed by atoms with Crippen molar-refractivity contribution < 1.29 is 14.4 Å². The fourth-order valence-electron chi connectivity index (χ4n) is 2.23. The molecule has 2 heterocycles. The number of ether oxygens (including phenoxy) is 2. The molecule has 2 aromatic rings. The van der Waals surface area contributed by atoms with Crippen LogP contribution in [0.15, 0.2) is 30.5 Å². The number of hydrogen-bond acceptors (Lipinski definition) is 5. The van der Waals surface area contributed by atoms with Crippen LogP contribution >= 0.6 is 0 Å². The van der Waals surface area contributed by atoms with Gasteiger partial charge in [0.25, 0.3) is 0 Å². The van der Waals surface area contributed by atoms with E-state index in [9.17, 15) is 10.1 Å². The van der Waals surface area contributed by atoms with E-state index >= 15 is 0 Å². The molecule has 1 unspecified atom stereocenters. The second kappa shape index (κ2) is 4.76. The van der Waals surface area contributed by atoms with Gasteiger partial charge >= 0.3 is 11.8 Å². The van der Waals surface area contributed by atoms with Crippen LogP contribution in [0.5, 0.6) is 11.8 Å². The summed E-state index contributed by atoms with van der Waals surface area (Å²) in [4.78, 5) is 14.0. The molecule has 0 amide bonds. The maximum atomic E-state index is 10.7. The fourth-order valence-corrected chi connectivity index (χ4v) is 2.23. The molecule has 0 saturated heterocycles. The molecule has 1 aromatic carbocycles. The summed E-state index contributed by atoms with van der Waals surface area (Å²) in [7, 11) is 0. The Kier molecular flexibility index (Phi) is 3.04. The number of imidazole rings is 1. The predicted octanol–water partition coefficient (Wildman–Crippen LogP) is 2.33. The van der Waals surface area contributed by atoms with Crippen molar-refractivity contribution in [1.82, 2.24) is 9.55 Å². The third-order valence-electron chi connectivity index (χ3n) is 3.32. The van der Waals surface area contributed by atoms with E-state index in [-0.39, 0.29) is 11.8 Å². The second-order valence-electron chi connectivity index (χ2n) is 5.42. The fraction of sp³-hybridized carbons (Fsp3) is 0.357. The normalized spacial score (nSPS) is 19.9. The average Bonchev–Trinajstić information content (AvgIpc) is 2.93. The zero-order chi connectivity index (χ0) is 15.0. The summed E-state index contributed by atoms with van der Waals surface area (Å²) < 4.78 is 13.1. The van der Waals surface area contributed by atoms with Gasteiger partial charge in [-0.1, -0.05) is 17.7 Å².